The Morgan fingerprint density at radius 3 is 2.58 bits per heavy atom. The van der Waals surface area contributed by atoms with Crippen molar-refractivity contribution in [3.05, 3.63) is 50.4 Å². The van der Waals surface area contributed by atoms with E-state index in [4.69, 9.17) is 28.2 Å². The molecule has 1 aromatic heterocycles. The number of hydrogen-bond acceptors (Lipinski definition) is 3. The largest absolute Gasteiger partial charge is 0.323 e. The van der Waals surface area contributed by atoms with Gasteiger partial charge in [0.2, 0.25) is 5.95 Å². The number of halogens is 3. The molecule has 2 N–H and O–H groups in total. The number of imidazole rings is 1. The van der Waals surface area contributed by atoms with Crippen molar-refractivity contribution < 1.29 is 0 Å². The molecule has 3 rings (SSSR count). The van der Waals surface area contributed by atoms with E-state index in [0.29, 0.717) is 21.7 Å². The molecular weight excluding hydrogens is 411 g/mol. The Hall–Kier alpha value is -1.27. The third-order valence-corrected chi connectivity index (χ3v) is 5.00. The van der Waals surface area contributed by atoms with Crippen LogP contribution in [-0.2, 0) is 13.6 Å². The van der Waals surface area contributed by atoms with Crippen LogP contribution in [0.1, 0.15) is 12.5 Å². The molecule has 0 atom stereocenters. The molecule has 0 radical (unpaired) electrons. The summed E-state index contributed by atoms with van der Waals surface area (Å²) in [6.07, 6.45) is 0. The van der Waals surface area contributed by atoms with Crippen molar-refractivity contribution in [2.24, 2.45) is 7.05 Å². The lowest BCUT2D eigenvalue weighted by Gasteiger charge is -2.10. The van der Waals surface area contributed by atoms with E-state index in [1.54, 1.807) is 12.1 Å². The summed E-state index contributed by atoms with van der Waals surface area (Å²) < 4.78 is 2.98. The molecule has 0 fully saturated rings. The minimum atomic E-state index is 0.557. The number of benzene rings is 2. The fourth-order valence-corrected chi connectivity index (χ4v) is 3.82. The van der Waals surface area contributed by atoms with Crippen LogP contribution in [0.2, 0.25) is 10.0 Å². The quantitative estimate of drug-likeness (QED) is 0.565. The Bertz CT molecular complexity index is 872. The van der Waals surface area contributed by atoms with Gasteiger partial charge in [-0.15, -0.1) is 0 Å². The van der Waals surface area contributed by atoms with Gasteiger partial charge in [-0.2, -0.15) is 0 Å². The highest BCUT2D eigenvalue weighted by Gasteiger charge is 2.14. The second-order valence-electron chi connectivity index (χ2n) is 5.44. The molecule has 0 bridgehead atoms. The average molecular weight is 428 g/mol. The van der Waals surface area contributed by atoms with Crippen LogP contribution >= 0.6 is 39.1 Å². The first-order chi connectivity index (χ1) is 11.5. The van der Waals surface area contributed by atoms with Crippen LogP contribution in [0.15, 0.2) is 34.8 Å². The van der Waals surface area contributed by atoms with Crippen molar-refractivity contribution in [2.75, 3.05) is 11.9 Å². The van der Waals surface area contributed by atoms with Gasteiger partial charge < -0.3 is 15.2 Å². The topological polar surface area (TPSA) is 41.9 Å². The van der Waals surface area contributed by atoms with Crippen LogP contribution in [0.5, 0.6) is 0 Å². The van der Waals surface area contributed by atoms with E-state index in [2.05, 4.69) is 45.6 Å². The molecule has 0 aliphatic rings. The highest BCUT2D eigenvalue weighted by Crippen LogP contribution is 2.34. The Kier molecular flexibility index (Phi) is 5.35. The number of para-hydroxylation sites is 1. The predicted octanol–water partition coefficient (Wildman–Crippen LogP) is 5.50. The highest BCUT2D eigenvalue weighted by molar-refractivity contribution is 9.10. The summed E-state index contributed by atoms with van der Waals surface area (Å²) >= 11 is 16.1. The maximum Gasteiger partial charge on any atom is 0.208 e. The van der Waals surface area contributed by atoms with E-state index in [1.165, 1.54) is 5.56 Å². The summed E-state index contributed by atoms with van der Waals surface area (Å²) in [5.41, 5.74) is 3.76. The third kappa shape index (κ3) is 3.40. The fourth-order valence-electron chi connectivity index (χ4n) is 2.56. The zero-order valence-corrected chi connectivity index (χ0v) is 16.4. The van der Waals surface area contributed by atoms with E-state index in [-0.39, 0.29) is 0 Å². The molecule has 7 heteroatoms. The number of anilines is 2. The highest BCUT2D eigenvalue weighted by atomic mass is 79.9. The molecule has 4 nitrogen and oxygen atoms in total. The lowest BCUT2D eigenvalue weighted by molar-refractivity contribution is 0.727. The summed E-state index contributed by atoms with van der Waals surface area (Å²) in [6, 6.07) is 9.60. The summed E-state index contributed by atoms with van der Waals surface area (Å²) in [4.78, 5) is 4.70. The number of fused-ring (bicyclic) bond motifs is 1. The molecule has 0 saturated carbocycles. The minimum Gasteiger partial charge on any atom is -0.323 e. The van der Waals surface area contributed by atoms with E-state index in [9.17, 15) is 0 Å². The number of hydrogen-bond donors (Lipinski definition) is 2. The SMILES string of the molecule is CCNCc1cc(Br)c2c(c1)nc(Nc1c(Cl)cccc1Cl)n2C. The fraction of sp³-hybridized carbons (Fsp3) is 0.235. The summed E-state index contributed by atoms with van der Waals surface area (Å²) in [5, 5.41) is 7.68. The Balaban J connectivity index is 2.03. The van der Waals surface area contributed by atoms with Gasteiger partial charge in [0.25, 0.3) is 0 Å². The number of aromatic nitrogens is 2. The van der Waals surface area contributed by atoms with Gasteiger partial charge in [-0.1, -0.05) is 36.2 Å². The van der Waals surface area contributed by atoms with Crippen LogP contribution in [0, 0.1) is 0 Å². The van der Waals surface area contributed by atoms with Crippen molar-refractivity contribution in [1.82, 2.24) is 14.9 Å². The van der Waals surface area contributed by atoms with E-state index in [0.717, 1.165) is 28.6 Å². The Morgan fingerprint density at radius 1 is 1.21 bits per heavy atom. The normalized spacial score (nSPS) is 11.2. The molecule has 0 aliphatic carbocycles. The van der Waals surface area contributed by atoms with Gasteiger partial charge in [0.1, 0.15) is 0 Å². The van der Waals surface area contributed by atoms with Crippen molar-refractivity contribution in [3.8, 4) is 0 Å². The third-order valence-electron chi connectivity index (χ3n) is 3.76. The Morgan fingerprint density at radius 2 is 1.92 bits per heavy atom. The summed E-state index contributed by atoms with van der Waals surface area (Å²) in [6.45, 7) is 3.82. The minimum absolute atomic E-state index is 0.557. The number of rotatable bonds is 5. The lowest BCUT2D eigenvalue weighted by Crippen LogP contribution is -2.11. The zero-order valence-electron chi connectivity index (χ0n) is 13.3. The second kappa shape index (κ2) is 7.31. The maximum atomic E-state index is 6.24. The van der Waals surface area contributed by atoms with E-state index in [1.807, 2.05) is 17.7 Å². The lowest BCUT2D eigenvalue weighted by atomic mass is 10.2. The van der Waals surface area contributed by atoms with Gasteiger partial charge in [0, 0.05) is 18.1 Å². The molecule has 0 amide bonds. The van der Waals surface area contributed by atoms with Crippen LogP contribution in [-0.4, -0.2) is 16.1 Å². The summed E-state index contributed by atoms with van der Waals surface area (Å²) in [7, 11) is 1.96. The van der Waals surface area contributed by atoms with Crippen molar-refractivity contribution in [3.63, 3.8) is 0 Å². The number of nitrogens with zero attached hydrogens (tertiary/aromatic N) is 2. The van der Waals surface area contributed by atoms with Crippen LogP contribution in [0.3, 0.4) is 0 Å². The van der Waals surface area contributed by atoms with Crippen molar-refractivity contribution in [2.45, 2.75) is 13.5 Å². The molecule has 0 aliphatic heterocycles. The van der Waals surface area contributed by atoms with Crippen molar-refractivity contribution >= 4 is 61.8 Å². The van der Waals surface area contributed by atoms with Gasteiger partial charge in [0.05, 0.1) is 26.8 Å². The molecule has 0 unspecified atom stereocenters. The van der Waals surface area contributed by atoms with E-state index >= 15 is 0 Å². The maximum absolute atomic E-state index is 6.24. The zero-order chi connectivity index (χ0) is 17.3. The average Bonchev–Trinajstić information content (AvgIpc) is 2.85. The van der Waals surface area contributed by atoms with Crippen molar-refractivity contribution in [1.29, 1.82) is 0 Å². The number of nitrogens with one attached hydrogen (secondary N) is 2. The first-order valence-electron chi connectivity index (χ1n) is 7.58. The van der Waals surface area contributed by atoms with Crippen LogP contribution in [0.25, 0.3) is 11.0 Å². The molecule has 0 spiro atoms. The van der Waals surface area contributed by atoms with E-state index < -0.39 is 0 Å². The second-order valence-corrected chi connectivity index (χ2v) is 7.11. The van der Waals surface area contributed by atoms with Gasteiger partial charge in [0.15, 0.2) is 0 Å². The molecule has 126 valence electrons. The monoisotopic (exact) mass is 426 g/mol. The molecular formula is C17H17BrCl2N4. The van der Waals surface area contributed by atoms with Gasteiger partial charge in [-0.05, 0) is 52.3 Å². The molecule has 24 heavy (non-hydrogen) atoms. The first-order valence-corrected chi connectivity index (χ1v) is 9.12. The standard InChI is InChI=1S/C17H17BrCl2N4/c1-3-21-9-10-7-11(18)16-14(8-10)22-17(24(16)2)23-15-12(19)5-4-6-13(15)20/h4-8,21H,3,9H2,1-2H3,(H,22,23). The molecule has 0 saturated heterocycles. The van der Waals surface area contributed by atoms with Gasteiger partial charge >= 0.3 is 0 Å². The smallest absolute Gasteiger partial charge is 0.208 e. The number of aryl methyl sites for hydroxylation is 1. The van der Waals surface area contributed by atoms with Gasteiger partial charge in [-0.3, -0.25) is 0 Å². The molecule has 2 aromatic carbocycles. The predicted molar refractivity (Wildman–Crippen MR) is 106 cm³/mol. The summed E-state index contributed by atoms with van der Waals surface area (Å²) in [5.74, 6) is 0.682. The first kappa shape index (κ1) is 17.5. The Labute approximate surface area is 159 Å². The molecule has 3 aromatic rings. The molecule has 1 heterocycles. The van der Waals surface area contributed by atoms with Gasteiger partial charge in [-0.25, -0.2) is 4.98 Å². The van der Waals surface area contributed by atoms with Crippen LogP contribution in [0.4, 0.5) is 11.6 Å². The van der Waals surface area contributed by atoms with Crippen LogP contribution < -0.4 is 10.6 Å².